The van der Waals surface area contributed by atoms with Crippen molar-refractivity contribution in [1.82, 2.24) is 0 Å². The largest absolute Gasteiger partial charge is 0.497 e. The summed E-state index contributed by atoms with van der Waals surface area (Å²) >= 11 is 0. The van der Waals surface area contributed by atoms with Gasteiger partial charge in [-0.3, -0.25) is 0 Å². The lowest BCUT2D eigenvalue weighted by atomic mass is 10.0. The Morgan fingerprint density at radius 1 is 1.35 bits per heavy atom. The molecule has 2 rings (SSSR count). The van der Waals surface area contributed by atoms with Gasteiger partial charge in [0.05, 0.1) is 7.11 Å². The number of methoxy groups -OCH3 is 1. The maximum atomic E-state index is 10.6. The van der Waals surface area contributed by atoms with E-state index in [9.17, 15) is 4.79 Å². The minimum absolute atomic E-state index is 0.500. The van der Waals surface area contributed by atoms with Crippen LogP contribution in [0.15, 0.2) is 59.2 Å². The van der Waals surface area contributed by atoms with Gasteiger partial charge in [-0.1, -0.05) is 18.2 Å². The van der Waals surface area contributed by atoms with Crippen LogP contribution in [0.2, 0.25) is 0 Å². The van der Waals surface area contributed by atoms with Crippen LogP contribution < -0.4 is 9.47 Å². The number of hydrogen-bond acceptors (Lipinski definition) is 3. The predicted octanol–water partition coefficient (Wildman–Crippen LogP) is 4.00. The van der Waals surface area contributed by atoms with Crippen LogP contribution in [0.5, 0.6) is 11.5 Å². The molecule has 120 valence electrons. The number of allylic oxidation sites excluding steroid dienone is 4. The summed E-state index contributed by atoms with van der Waals surface area (Å²) in [4.78, 5) is 10.6. The van der Waals surface area contributed by atoms with Gasteiger partial charge in [0.15, 0.2) is 0 Å². The van der Waals surface area contributed by atoms with E-state index in [4.69, 9.17) is 14.6 Å². The fourth-order valence-electron chi connectivity index (χ4n) is 2.19. The van der Waals surface area contributed by atoms with Crippen molar-refractivity contribution < 1.29 is 19.4 Å². The van der Waals surface area contributed by atoms with Gasteiger partial charge in [-0.05, 0) is 48.8 Å². The van der Waals surface area contributed by atoms with Gasteiger partial charge in [0.2, 0.25) is 0 Å². The highest BCUT2D eigenvalue weighted by Crippen LogP contribution is 2.32. The number of benzene rings is 1. The molecule has 0 unspecified atom stereocenters. The fraction of sp³-hybridized carbons (Fsp3) is 0.211. The molecule has 0 saturated heterocycles. The Hall–Kier alpha value is -2.75. The number of aliphatic carboxylic acids is 1. The van der Waals surface area contributed by atoms with Gasteiger partial charge in [0.1, 0.15) is 18.1 Å². The normalized spacial score (nSPS) is 15.0. The maximum Gasteiger partial charge on any atom is 0.328 e. The molecular weight excluding hydrogens is 292 g/mol. The third kappa shape index (κ3) is 4.61. The zero-order valence-electron chi connectivity index (χ0n) is 13.5. The first kappa shape index (κ1) is 16.6. The molecule has 0 amide bonds. The van der Waals surface area contributed by atoms with Crippen LogP contribution in [0.4, 0.5) is 0 Å². The number of fused-ring (bicyclic) bond motifs is 1. The van der Waals surface area contributed by atoms with Crippen molar-refractivity contribution in [2.24, 2.45) is 0 Å². The molecule has 0 bridgehead atoms. The number of carbonyl (C=O) groups is 1. The second-order valence-corrected chi connectivity index (χ2v) is 5.30. The minimum Gasteiger partial charge on any atom is -0.497 e. The molecule has 0 radical (unpaired) electrons. The number of ether oxygens (including phenoxy) is 2. The van der Waals surface area contributed by atoms with E-state index in [2.05, 4.69) is 6.08 Å². The topological polar surface area (TPSA) is 55.8 Å². The summed E-state index contributed by atoms with van der Waals surface area (Å²) in [5.41, 5.74) is 3.87. The van der Waals surface area contributed by atoms with Crippen molar-refractivity contribution in [1.29, 1.82) is 0 Å². The van der Waals surface area contributed by atoms with Crippen LogP contribution in [0.1, 0.15) is 19.4 Å². The van der Waals surface area contributed by atoms with Crippen LogP contribution in [0.25, 0.3) is 6.08 Å². The third-order valence-electron chi connectivity index (χ3n) is 3.50. The quantitative estimate of drug-likeness (QED) is 0.659. The van der Waals surface area contributed by atoms with Crippen molar-refractivity contribution in [3.05, 3.63) is 64.8 Å². The smallest absolute Gasteiger partial charge is 0.328 e. The zero-order chi connectivity index (χ0) is 16.8. The Labute approximate surface area is 136 Å². The maximum absolute atomic E-state index is 10.6. The zero-order valence-corrected chi connectivity index (χ0v) is 13.5. The van der Waals surface area contributed by atoms with Crippen molar-refractivity contribution >= 4 is 12.0 Å². The summed E-state index contributed by atoms with van der Waals surface area (Å²) in [5.74, 6) is 0.649. The van der Waals surface area contributed by atoms with Crippen molar-refractivity contribution in [2.75, 3.05) is 13.7 Å². The first-order valence-electron chi connectivity index (χ1n) is 7.27. The summed E-state index contributed by atoms with van der Waals surface area (Å²) in [6.45, 7) is 4.25. The number of carboxylic acids is 1. The SMILES string of the molecule is COc1ccc2c(c1)OCC(C(C)=CC=CC(C)=CC(=O)O)=C2. The van der Waals surface area contributed by atoms with Gasteiger partial charge >= 0.3 is 5.97 Å². The summed E-state index contributed by atoms with van der Waals surface area (Å²) in [6, 6.07) is 5.75. The number of hydrogen-bond donors (Lipinski definition) is 1. The van der Waals surface area contributed by atoms with Crippen LogP contribution >= 0.6 is 0 Å². The molecular formula is C19H20O4. The molecule has 0 aromatic heterocycles. The number of carboxylic acid groups (broad SMARTS) is 1. The minimum atomic E-state index is -0.941. The second kappa shape index (κ2) is 7.49. The lowest BCUT2D eigenvalue weighted by Crippen LogP contribution is -2.08. The molecule has 1 aliphatic rings. The Kier molecular flexibility index (Phi) is 5.41. The van der Waals surface area contributed by atoms with E-state index in [1.807, 2.05) is 37.3 Å². The molecule has 1 N–H and O–H groups in total. The molecule has 0 atom stereocenters. The molecule has 4 nitrogen and oxygen atoms in total. The van der Waals surface area contributed by atoms with Crippen molar-refractivity contribution in [3.8, 4) is 11.5 Å². The molecule has 0 saturated carbocycles. The van der Waals surface area contributed by atoms with Gasteiger partial charge in [0.25, 0.3) is 0 Å². The van der Waals surface area contributed by atoms with Crippen LogP contribution in [-0.2, 0) is 4.79 Å². The Morgan fingerprint density at radius 2 is 2.13 bits per heavy atom. The Morgan fingerprint density at radius 3 is 2.83 bits per heavy atom. The van der Waals surface area contributed by atoms with E-state index in [0.717, 1.165) is 28.2 Å². The molecule has 1 aliphatic heterocycles. The van der Waals surface area contributed by atoms with Crippen LogP contribution in [0, 0.1) is 0 Å². The Bertz CT molecular complexity index is 721. The number of rotatable bonds is 5. The summed E-state index contributed by atoms with van der Waals surface area (Å²) in [6.07, 6.45) is 8.82. The monoisotopic (exact) mass is 312 g/mol. The lowest BCUT2D eigenvalue weighted by molar-refractivity contribution is -0.131. The van der Waals surface area contributed by atoms with Crippen LogP contribution in [-0.4, -0.2) is 24.8 Å². The summed E-state index contributed by atoms with van der Waals surface area (Å²) in [5, 5.41) is 8.67. The average molecular weight is 312 g/mol. The molecule has 1 aromatic rings. The molecule has 23 heavy (non-hydrogen) atoms. The highest BCUT2D eigenvalue weighted by Gasteiger charge is 2.13. The molecule has 0 fully saturated rings. The van der Waals surface area contributed by atoms with E-state index in [0.29, 0.717) is 12.2 Å². The van der Waals surface area contributed by atoms with Crippen LogP contribution in [0.3, 0.4) is 0 Å². The standard InChI is InChI=1S/C19H20O4/c1-13(9-19(20)21)5-4-6-14(2)16-10-15-7-8-17(22-3)11-18(15)23-12-16/h4-11H,12H2,1-3H3,(H,20,21). The van der Waals surface area contributed by atoms with Gasteiger partial charge in [0, 0.05) is 17.7 Å². The molecule has 1 heterocycles. The highest BCUT2D eigenvalue weighted by molar-refractivity contribution is 5.81. The molecule has 0 aliphatic carbocycles. The second-order valence-electron chi connectivity index (χ2n) is 5.30. The van der Waals surface area contributed by atoms with Gasteiger partial charge in [-0.25, -0.2) is 4.79 Å². The van der Waals surface area contributed by atoms with Crippen molar-refractivity contribution in [2.45, 2.75) is 13.8 Å². The predicted molar refractivity (Wildman–Crippen MR) is 90.8 cm³/mol. The van der Waals surface area contributed by atoms with Crippen molar-refractivity contribution in [3.63, 3.8) is 0 Å². The third-order valence-corrected chi connectivity index (χ3v) is 3.50. The van der Waals surface area contributed by atoms with E-state index in [1.165, 1.54) is 6.08 Å². The molecule has 4 heteroatoms. The van der Waals surface area contributed by atoms with Gasteiger partial charge in [-0.2, -0.15) is 0 Å². The van der Waals surface area contributed by atoms with E-state index >= 15 is 0 Å². The Balaban J connectivity index is 2.15. The highest BCUT2D eigenvalue weighted by atomic mass is 16.5. The summed E-state index contributed by atoms with van der Waals surface area (Å²) in [7, 11) is 1.63. The first-order valence-corrected chi connectivity index (χ1v) is 7.27. The molecule has 1 aromatic carbocycles. The fourth-order valence-corrected chi connectivity index (χ4v) is 2.19. The first-order chi connectivity index (χ1) is 11.0. The van der Waals surface area contributed by atoms with E-state index < -0.39 is 5.97 Å². The molecule has 0 spiro atoms. The summed E-state index contributed by atoms with van der Waals surface area (Å²) < 4.78 is 11.0. The average Bonchev–Trinajstić information content (AvgIpc) is 2.53. The lowest BCUT2D eigenvalue weighted by Gasteiger charge is -2.19. The van der Waals surface area contributed by atoms with Gasteiger partial charge in [-0.15, -0.1) is 0 Å². The van der Waals surface area contributed by atoms with Gasteiger partial charge < -0.3 is 14.6 Å². The van der Waals surface area contributed by atoms with E-state index in [-0.39, 0.29) is 0 Å². The van der Waals surface area contributed by atoms with E-state index in [1.54, 1.807) is 20.1 Å².